The molecule has 28 heavy (non-hydrogen) atoms. The lowest BCUT2D eigenvalue weighted by Gasteiger charge is -2.37. The standard InChI is InChI=1S/C22H21F2NO3/c23-19-9-6-15(12-20(19)24)21(26)16-10-17-7-8-18(11-16)25(17)22(27)28-13-14-4-2-1-3-5-14/h1-6,9,12,16-18H,7-8,10-11,13H2. The van der Waals surface area contributed by atoms with Crippen LogP contribution in [0.4, 0.5) is 13.6 Å². The maximum atomic E-state index is 13.5. The van der Waals surface area contributed by atoms with E-state index in [0.29, 0.717) is 12.8 Å². The van der Waals surface area contributed by atoms with Crippen molar-refractivity contribution in [3.63, 3.8) is 0 Å². The van der Waals surface area contributed by atoms with Gasteiger partial charge in [0.2, 0.25) is 0 Å². The van der Waals surface area contributed by atoms with Gasteiger partial charge in [-0.05, 0) is 49.4 Å². The molecule has 2 aliphatic rings. The zero-order valence-corrected chi connectivity index (χ0v) is 15.3. The number of ether oxygens (including phenoxy) is 1. The summed E-state index contributed by atoms with van der Waals surface area (Å²) in [4.78, 5) is 27.1. The van der Waals surface area contributed by atoms with Gasteiger partial charge < -0.3 is 9.64 Å². The second-order valence-corrected chi connectivity index (χ2v) is 7.49. The number of hydrogen-bond acceptors (Lipinski definition) is 3. The Morgan fingerprint density at radius 2 is 1.64 bits per heavy atom. The third-order valence-corrected chi connectivity index (χ3v) is 5.72. The minimum atomic E-state index is -1.02. The molecule has 0 radical (unpaired) electrons. The molecule has 6 heteroatoms. The summed E-state index contributed by atoms with van der Waals surface area (Å²) in [6, 6.07) is 12.6. The summed E-state index contributed by atoms with van der Waals surface area (Å²) in [6.07, 6.45) is 2.35. The molecule has 2 aliphatic heterocycles. The summed E-state index contributed by atoms with van der Waals surface area (Å²) in [7, 11) is 0. The predicted molar refractivity (Wildman–Crippen MR) is 98.7 cm³/mol. The smallest absolute Gasteiger partial charge is 0.410 e. The Labute approximate surface area is 162 Å². The fraction of sp³-hybridized carbons (Fsp3) is 0.364. The van der Waals surface area contributed by atoms with Crippen LogP contribution in [-0.2, 0) is 11.3 Å². The van der Waals surface area contributed by atoms with Crippen LogP contribution >= 0.6 is 0 Å². The molecule has 2 atom stereocenters. The number of fused-ring (bicyclic) bond motifs is 2. The van der Waals surface area contributed by atoms with E-state index in [9.17, 15) is 18.4 Å². The molecule has 4 rings (SSSR count). The highest BCUT2D eigenvalue weighted by molar-refractivity contribution is 5.98. The monoisotopic (exact) mass is 385 g/mol. The van der Waals surface area contributed by atoms with Crippen molar-refractivity contribution >= 4 is 11.9 Å². The highest BCUT2D eigenvalue weighted by Gasteiger charge is 2.46. The molecule has 0 aromatic heterocycles. The van der Waals surface area contributed by atoms with Gasteiger partial charge in [-0.2, -0.15) is 0 Å². The molecule has 0 N–H and O–H groups in total. The van der Waals surface area contributed by atoms with E-state index < -0.39 is 11.6 Å². The lowest BCUT2D eigenvalue weighted by molar-refractivity contribution is 0.0485. The number of Topliss-reactive ketones (excluding diaryl/α,β-unsaturated/α-hetero) is 1. The highest BCUT2D eigenvalue weighted by atomic mass is 19.2. The van der Waals surface area contributed by atoms with Crippen LogP contribution in [0.5, 0.6) is 0 Å². The number of hydrogen-bond donors (Lipinski definition) is 0. The first-order chi connectivity index (χ1) is 13.5. The van der Waals surface area contributed by atoms with E-state index in [-0.39, 0.29) is 42.0 Å². The van der Waals surface area contributed by atoms with E-state index in [4.69, 9.17) is 4.74 Å². The number of benzene rings is 2. The van der Waals surface area contributed by atoms with Crippen LogP contribution in [0, 0.1) is 17.6 Å². The quantitative estimate of drug-likeness (QED) is 0.715. The van der Waals surface area contributed by atoms with Crippen LogP contribution < -0.4 is 0 Å². The van der Waals surface area contributed by atoms with Crippen molar-refractivity contribution in [3.05, 3.63) is 71.3 Å². The van der Waals surface area contributed by atoms with E-state index >= 15 is 0 Å². The lowest BCUT2D eigenvalue weighted by Crippen LogP contribution is -2.48. The Kier molecular flexibility index (Phi) is 5.11. The van der Waals surface area contributed by atoms with Crippen LogP contribution in [0.15, 0.2) is 48.5 Å². The molecule has 4 nitrogen and oxygen atoms in total. The van der Waals surface area contributed by atoms with Gasteiger partial charge in [0.1, 0.15) is 6.61 Å². The summed E-state index contributed by atoms with van der Waals surface area (Å²) in [5.74, 6) is -2.46. The van der Waals surface area contributed by atoms with Gasteiger partial charge in [-0.25, -0.2) is 13.6 Å². The SMILES string of the molecule is O=C(c1ccc(F)c(F)c1)C1CC2CCC(C1)N2C(=O)OCc1ccccc1. The number of carbonyl (C=O) groups excluding carboxylic acids is 2. The molecule has 0 saturated carbocycles. The van der Waals surface area contributed by atoms with Gasteiger partial charge in [0.05, 0.1) is 0 Å². The van der Waals surface area contributed by atoms with E-state index in [1.807, 2.05) is 30.3 Å². The van der Waals surface area contributed by atoms with Crippen LogP contribution in [-0.4, -0.2) is 28.9 Å². The Morgan fingerprint density at radius 3 is 2.29 bits per heavy atom. The van der Waals surface area contributed by atoms with Crippen molar-refractivity contribution < 1.29 is 23.1 Å². The number of amides is 1. The Morgan fingerprint density at radius 1 is 0.964 bits per heavy atom. The second kappa shape index (κ2) is 7.70. The number of piperidine rings is 1. The van der Waals surface area contributed by atoms with Crippen molar-refractivity contribution in [1.82, 2.24) is 4.90 Å². The van der Waals surface area contributed by atoms with Gasteiger partial charge in [0, 0.05) is 23.6 Å². The molecule has 146 valence electrons. The maximum Gasteiger partial charge on any atom is 0.410 e. The second-order valence-electron chi connectivity index (χ2n) is 7.49. The summed E-state index contributed by atoms with van der Waals surface area (Å²) in [6.45, 7) is 0.215. The summed E-state index contributed by atoms with van der Waals surface area (Å²) in [5, 5.41) is 0. The van der Waals surface area contributed by atoms with Crippen molar-refractivity contribution in [1.29, 1.82) is 0 Å². The topological polar surface area (TPSA) is 46.6 Å². The minimum absolute atomic E-state index is 0.0544. The normalized spacial score (nSPS) is 23.5. The molecule has 2 bridgehead atoms. The highest BCUT2D eigenvalue weighted by Crippen LogP contribution is 2.40. The lowest BCUT2D eigenvalue weighted by atomic mass is 9.85. The van der Waals surface area contributed by atoms with Gasteiger partial charge in [-0.1, -0.05) is 30.3 Å². The third kappa shape index (κ3) is 3.63. The Hall–Kier alpha value is -2.76. The maximum absolute atomic E-state index is 13.5. The molecule has 2 heterocycles. The predicted octanol–water partition coefficient (Wildman–Crippen LogP) is 4.73. The van der Waals surface area contributed by atoms with E-state index in [1.54, 1.807) is 4.90 Å². The van der Waals surface area contributed by atoms with E-state index in [0.717, 1.165) is 30.5 Å². The zero-order valence-electron chi connectivity index (χ0n) is 15.3. The zero-order chi connectivity index (χ0) is 19.7. The Bertz CT molecular complexity index is 873. The molecule has 1 amide bonds. The molecule has 2 aromatic carbocycles. The molecule has 2 aromatic rings. The fourth-order valence-corrected chi connectivity index (χ4v) is 4.37. The van der Waals surface area contributed by atoms with Crippen LogP contribution in [0.25, 0.3) is 0 Å². The molecular weight excluding hydrogens is 364 g/mol. The van der Waals surface area contributed by atoms with Crippen LogP contribution in [0.3, 0.4) is 0 Å². The van der Waals surface area contributed by atoms with Gasteiger partial charge in [0.15, 0.2) is 17.4 Å². The molecule has 0 aliphatic carbocycles. The summed E-state index contributed by atoms with van der Waals surface area (Å²) in [5.41, 5.74) is 1.11. The van der Waals surface area contributed by atoms with Gasteiger partial charge in [-0.3, -0.25) is 4.79 Å². The third-order valence-electron chi connectivity index (χ3n) is 5.72. The first kappa shape index (κ1) is 18.6. The largest absolute Gasteiger partial charge is 0.445 e. The minimum Gasteiger partial charge on any atom is -0.445 e. The van der Waals surface area contributed by atoms with E-state index in [1.165, 1.54) is 6.07 Å². The van der Waals surface area contributed by atoms with Crippen LogP contribution in [0.1, 0.15) is 41.6 Å². The average Bonchev–Trinajstić information content (AvgIpc) is 2.98. The molecule has 0 spiro atoms. The first-order valence-electron chi connectivity index (χ1n) is 9.51. The number of ketones is 1. The van der Waals surface area contributed by atoms with Crippen molar-refractivity contribution in [2.45, 2.75) is 44.4 Å². The number of rotatable bonds is 4. The first-order valence-corrected chi connectivity index (χ1v) is 9.51. The summed E-state index contributed by atoms with van der Waals surface area (Å²) >= 11 is 0. The number of nitrogens with zero attached hydrogens (tertiary/aromatic N) is 1. The molecule has 2 fully saturated rings. The molecular formula is C22H21F2NO3. The van der Waals surface area contributed by atoms with Gasteiger partial charge >= 0.3 is 6.09 Å². The van der Waals surface area contributed by atoms with Crippen molar-refractivity contribution in [3.8, 4) is 0 Å². The summed E-state index contributed by atoms with van der Waals surface area (Å²) < 4.78 is 32.1. The van der Waals surface area contributed by atoms with E-state index in [2.05, 4.69) is 0 Å². The molecule has 2 unspecified atom stereocenters. The number of halogens is 2. The van der Waals surface area contributed by atoms with Gasteiger partial charge in [0.25, 0.3) is 0 Å². The fourth-order valence-electron chi connectivity index (χ4n) is 4.37. The van der Waals surface area contributed by atoms with Crippen LogP contribution in [0.2, 0.25) is 0 Å². The number of carbonyl (C=O) groups is 2. The van der Waals surface area contributed by atoms with Crippen molar-refractivity contribution in [2.75, 3.05) is 0 Å². The van der Waals surface area contributed by atoms with Gasteiger partial charge in [-0.15, -0.1) is 0 Å². The average molecular weight is 385 g/mol. The Balaban J connectivity index is 1.40. The van der Waals surface area contributed by atoms with Crippen molar-refractivity contribution in [2.24, 2.45) is 5.92 Å². The molecule has 2 saturated heterocycles.